The molecule has 0 aliphatic carbocycles. The first-order valence-electron chi connectivity index (χ1n) is 9.19. The molecule has 1 aromatic rings. The van der Waals surface area contributed by atoms with Gasteiger partial charge >= 0.3 is 0 Å². The molecule has 0 bridgehead atoms. The number of nitrogens with zero attached hydrogens (tertiary/aromatic N) is 2. The third-order valence-corrected chi connectivity index (χ3v) is 5.76. The second-order valence-electron chi connectivity index (χ2n) is 7.31. The molecule has 0 aromatic heterocycles. The standard InChI is InChI=1S/C19H30N2O4S/c1-15(2)25-18-7-5-17(6-8-18)21(26(4,23)24)14-11-19(22)20-12-9-16(3)10-13-20/h5-8,15-16H,9-14H2,1-4H3. The number of carbonyl (C=O) groups is 1. The zero-order chi connectivity index (χ0) is 19.3. The van der Waals surface area contributed by atoms with Gasteiger partial charge in [-0.05, 0) is 56.9 Å². The number of carbonyl (C=O) groups excluding carboxylic acids is 1. The van der Waals surface area contributed by atoms with Crippen LogP contribution >= 0.6 is 0 Å². The number of piperidine rings is 1. The van der Waals surface area contributed by atoms with Gasteiger partial charge in [-0.1, -0.05) is 6.92 Å². The fourth-order valence-corrected chi connectivity index (χ4v) is 3.99. The van der Waals surface area contributed by atoms with Crippen molar-refractivity contribution < 1.29 is 17.9 Å². The number of ether oxygens (including phenoxy) is 1. The molecule has 0 atom stereocenters. The van der Waals surface area contributed by atoms with Gasteiger partial charge in [-0.2, -0.15) is 0 Å². The first-order valence-corrected chi connectivity index (χ1v) is 11.0. The van der Waals surface area contributed by atoms with E-state index in [0.717, 1.165) is 25.9 Å². The van der Waals surface area contributed by atoms with E-state index in [-0.39, 0.29) is 25.0 Å². The Bertz CT molecular complexity index is 693. The second-order valence-corrected chi connectivity index (χ2v) is 9.22. The van der Waals surface area contributed by atoms with E-state index in [1.54, 1.807) is 24.3 Å². The maximum Gasteiger partial charge on any atom is 0.232 e. The Labute approximate surface area is 157 Å². The van der Waals surface area contributed by atoms with Crippen molar-refractivity contribution in [3.63, 3.8) is 0 Å². The fourth-order valence-electron chi connectivity index (χ4n) is 3.06. The molecule has 0 unspecified atom stereocenters. The molecule has 1 fully saturated rings. The van der Waals surface area contributed by atoms with Crippen LogP contribution in [-0.4, -0.2) is 51.2 Å². The summed E-state index contributed by atoms with van der Waals surface area (Å²) in [6.45, 7) is 7.74. The molecule has 6 nitrogen and oxygen atoms in total. The SMILES string of the molecule is CC1CCN(C(=O)CCN(c2ccc(OC(C)C)cc2)S(C)(=O)=O)CC1. The van der Waals surface area contributed by atoms with Crippen LogP contribution in [0.25, 0.3) is 0 Å². The lowest BCUT2D eigenvalue weighted by Gasteiger charge is -2.31. The van der Waals surface area contributed by atoms with Crippen molar-refractivity contribution in [3.8, 4) is 5.75 Å². The molecule has 146 valence electrons. The van der Waals surface area contributed by atoms with Gasteiger partial charge in [0.2, 0.25) is 15.9 Å². The van der Waals surface area contributed by atoms with Gasteiger partial charge in [0, 0.05) is 26.1 Å². The van der Waals surface area contributed by atoms with Crippen LogP contribution in [0.3, 0.4) is 0 Å². The first kappa shape index (κ1) is 20.6. The summed E-state index contributed by atoms with van der Waals surface area (Å²) in [7, 11) is -3.47. The molecule has 1 aliphatic rings. The monoisotopic (exact) mass is 382 g/mol. The van der Waals surface area contributed by atoms with Crippen LogP contribution in [0.5, 0.6) is 5.75 Å². The van der Waals surface area contributed by atoms with Gasteiger partial charge in [-0.3, -0.25) is 9.10 Å². The zero-order valence-electron chi connectivity index (χ0n) is 16.1. The number of anilines is 1. The van der Waals surface area contributed by atoms with Crippen LogP contribution in [0.2, 0.25) is 0 Å². The molecule has 0 radical (unpaired) electrons. The molecular formula is C19H30N2O4S. The summed E-state index contributed by atoms with van der Waals surface area (Å²) in [5.41, 5.74) is 0.545. The summed E-state index contributed by atoms with van der Waals surface area (Å²) < 4.78 is 31.3. The van der Waals surface area contributed by atoms with Crippen molar-refractivity contribution >= 4 is 21.6 Å². The number of hydrogen-bond acceptors (Lipinski definition) is 4. The Balaban J connectivity index is 2.03. The highest BCUT2D eigenvalue weighted by molar-refractivity contribution is 7.92. The lowest BCUT2D eigenvalue weighted by Crippen LogP contribution is -2.40. The molecule has 7 heteroatoms. The second kappa shape index (κ2) is 8.75. The molecule has 26 heavy (non-hydrogen) atoms. The summed E-state index contributed by atoms with van der Waals surface area (Å²) in [6, 6.07) is 6.93. The molecule has 2 rings (SSSR count). The largest absolute Gasteiger partial charge is 0.491 e. The molecule has 1 aliphatic heterocycles. The average Bonchev–Trinajstić information content (AvgIpc) is 2.55. The van der Waals surface area contributed by atoms with Crippen molar-refractivity contribution in [2.75, 3.05) is 30.2 Å². The zero-order valence-corrected chi connectivity index (χ0v) is 17.0. The van der Waals surface area contributed by atoms with Crippen molar-refractivity contribution in [2.45, 2.75) is 46.1 Å². The van der Waals surface area contributed by atoms with E-state index in [0.29, 0.717) is 17.4 Å². The Kier molecular flexibility index (Phi) is 6.92. The summed E-state index contributed by atoms with van der Waals surface area (Å²) in [4.78, 5) is 14.3. The van der Waals surface area contributed by atoms with Gasteiger partial charge in [0.25, 0.3) is 0 Å². The molecule has 1 saturated heterocycles. The molecule has 0 saturated carbocycles. The molecule has 0 spiro atoms. The number of benzene rings is 1. The van der Waals surface area contributed by atoms with E-state index in [1.807, 2.05) is 18.7 Å². The fraction of sp³-hybridized carbons (Fsp3) is 0.632. The molecule has 1 amide bonds. The van der Waals surface area contributed by atoms with Crippen LogP contribution in [0, 0.1) is 5.92 Å². The van der Waals surface area contributed by atoms with Crippen LogP contribution in [0.15, 0.2) is 24.3 Å². The predicted molar refractivity (Wildman–Crippen MR) is 104 cm³/mol. The lowest BCUT2D eigenvalue weighted by atomic mass is 9.99. The minimum Gasteiger partial charge on any atom is -0.491 e. The number of hydrogen-bond donors (Lipinski definition) is 0. The summed E-state index contributed by atoms with van der Waals surface area (Å²) in [5.74, 6) is 1.36. The van der Waals surface area contributed by atoms with Gasteiger partial charge in [-0.25, -0.2) is 8.42 Å². The van der Waals surface area contributed by atoms with Gasteiger partial charge in [0.1, 0.15) is 5.75 Å². The van der Waals surface area contributed by atoms with E-state index >= 15 is 0 Å². The van der Waals surface area contributed by atoms with Crippen molar-refractivity contribution in [3.05, 3.63) is 24.3 Å². The number of likely N-dealkylation sites (tertiary alicyclic amines) is 1. The molecular weight excluding hydrogens is 352 g/mol. The number of rotatable bonds is 7. The minimum atomic E-state index is -3.47. The van der Waals surface area contributed by atoms with E-state index in [9.17, 15) is 13.2 Å². The first-order chi connectivity index (χ1) is 12.2. The number of amides is 1. The van der Waals surface area contributed by atoms with E-state index in [4.69, 9.17) is 4.74 Å². The van der Waals surface area contributed by atoms with Crippen LogP contribution in [0.1, 0.15) is 40.0 Å². The molecule has 0 N–H and O–H groups in total. The third kappa shape index (κ3) is 5.90. The van der Waals surface area contributed by atoms with E-state index < -0.39 is 10.0 Å². The summed E-state index contributed by atoms with van der Waals surface area (Å²) in [5, 5.41) is 0. The van der Waals surface area contributed by atoms with Crippen molar-refractivity contribution in [1.29, 1.82) is 0 Å². The smallest absolute Gasteiger partial charge is 0.232 e. The quantitative estimate of drug-likeness (QED) is 0.727. The third-order valence-electron chi connectivity index (χ3n) is 4.56. The Morgan fingerprint density at radius 2 is 1.81 bits per heavy atom. The van der Waals surface area contributed by atoms with Crippen LogP contribution < -0.4 is 9.04 Å². The van der Waals surface area contributed by atoms with Gasteiger partial charge in [-0.15, -0.1) is 0 Å². The van der Waals surface area contributed by atoms with Crippen LogP contribution in [-0.2, 0) is 14.8 Å². The highest BCUT2D eigenvalue weighted by atomic mass is 32.2. The normalized spacial score (nSPS) is 16.0. The Hall–Kier alpha value is -1.76. The van der Waals surface area contributed by atoms with Crippen molar-refractivity contribution in [2.24, 2.45) is 5.92 Å². The average molecular weight is 383 g/mol. The minimum absolute atomic E-state index is 0.0188. The maximum atomic E-state index is 12.4. The van der Waals surface area contributed by atoms with Crippen LogP contribution in [0.4, 0.5) is 5.69 Å². The lowest BCUT2D eigenvalue weighted by molar-refractivity contribution is -0.132. The molecule has 1 heterocycles. The Morgan fingerprint density at radius 1 is 1.23 bits per heavy atom. The van der Waals surface area contributed by atoms with E-state index in [1.165, 1.54) is 10.6 Å². The summed E-state index contributed by atoms with van der Waals surface area (Å²) in [6.07, 6.45) is 3.43. The van der Waals surface area contributed by atoms with Gasteiger partial charge < -0.3 is 9.64 Å². The Morgan fingerprint density at radius 3 is 2.31 bits per heavy atom. The highest BCUT2D eigenvalue weighted by Crippen LogP contribution is 2.23. The highest BCUT2D eigenvalue weighted by Gasteiger charge is 2.23. The molecule has 1 aromatic carbocycles. The predicted octanol–water partition coefficient (Wildman–Crippen LogP) is 2.89. The van der Waals surface area contributed by atoms with Crippen molar-refractivity contribution in [1.82, 2.24) is 4.90 Å². The van der Waals surface area contributed by atoms with E-state index in [2.05, 4.69) is 6.92 Å². The van der Waals surface area contributed by atoms with Gasteiger partial charge in [0.15, 0.2) is 0 Å². The number of sulfonamides is 1. The van der Waals surface area contributed by atoms with Gasteiger partial charge in [0.05, 0.1) is 18.0 Å². The summed E-state index contributed by atoms with van der Waals surface area (Å²) >= 11 is 0. The topological polar surface area (TPSA) is 66.9 Å². The maximum absolute atomic E-state index is 12.4.